The van der Waals surface area contributed by atoms with Crippen LogP contribution < -0.4 is 5.56 Å². The Labute approximate surface area is 117 Å². The second-order valence-corrected chi connectivity index (χ2v) is 4.99. The standard InChI is InChI=1S/C13H20N4OS/c1-4-7-16-11-10(14-9(6-3)15-11)12(18)17(8-5-2)13(16)19/h4-8H2,1-3H3,(H,14,15). The van der Waals surface area contributed by atoms with Crippen LogP contribution >= 0.6 is 12.2 Å². The predicted octanol–water partition coefficient (Wildman–Crippen LogP) is 2.64. The molecule has 2 aromatic heterocycles. The van der Waals surface area contributed by atoms with Gasteiger partial charge in [0, 0.05) is 19.5 Å². The number of imidazole rings is 1. The molecule has 6 heteroatoms. The fourth-order valence-electron chi connectivity index (χ4n) is 2.23. The molecule has 0 aromatic carbocycles. The van der Waals surface area contributed by atoms with Gasteiger partial charge in [-0.25, -0.2) is 4.98 Å². The van der Waals surface area contributed by atoms with E-state index in [9.17, 15) is 4.79 Å². The Hall–Kier alpha value is -1.43. The molecule has 0 fully saturated rings. The van der Waals surface area contributed by atoms with E-state index in [1.54, 1.807) is 4.57 Å². The average molecular weight is 280 g/mol. The molecule has 0 aliphatic heterocycles. The molecule has 0 spiro atoms. The zero-order valence-electron chi connectivity index (χ0n) is 11.7. The minimum atomic E-state index is -0.0543. The van der Waals surface area contributed by atoms with Crippen LogP contribution in [0.3, 0.4) is 0 Å². The van der Waals surface area contributed by atoms with Gasteiger partial charge in [-0.1, -0.05) is 20.8 Å². The molecule has 2 heterocycles. The lowest BCUT2D eigenvalue weighted by atomic mass is 10.4. The lowest BCUT2D eigenvalue weighted by Crippen LogP contribution is -2.25. The van der Waals surface area contributed by atoms with E-state index in [4.69, 9.17) is 12.2 Å². The molecule has 5 nitrogen and oxygen atoms in total. The maximum atomic E-state index is 12.4. The van der Waals surface area contributed by atoms with Crippen molar-refractivity contribution < 1.29 is 0 Å². The topological polar surface area (TPSA) is 55.6 Å². The van der Waals surface area contributed by atoms with E-state index in [2.05, 4.69) is 16.9 Å². The molecule has 0 aliphatic carbocycles. The third kappa shape index (κ3) is 2.36. The number of rotatable bonds is 5. The van der Waals surface area contributed by atoms with E-state index in [1.165, 1.54) is 0 Å². The molecule has 19 heavy (non-hydrogen) atoms. The maximum Gasteiger partial charge on any atom is 0.280 e. The van der Waals surface area contributed by atoms with Crippen LogP contribution in [-0.4, -0.2) is 19.1 Å². The summed E-state index contributed by atoms with van der Waals surface area (Å²) in [6.07, 6.45) is 2.62. The first-order chi connectivity index (χ1) is 9.13. The molecule has 0 radical (unpaired) electrons. The molecule has 0 unspecified atom stereocenters. The van der Waals surface area contributed by atoms with Crippen molar-refractivity contribution in [3.8, 4) is 0 Å². The lowest BCUT2D eigenvalue weighted by Gasteiger charge is -2.11. The summed E-state index contributed by atoms with van der Waals surface area (Å²) in [6.45, 7) is 7.59. The monoisotopic (exact) mass is 280 g/mol. The Kier molecular flexibility index (Phi) is 4.19. The van der Waals surface area contributed by atoms with E-state index in [0.717, 1.165) is 31.6 Å². The highest BCUT2D eigenvalue weighted by Gasteiger charge is 2.14. The van der Waals surface area contributed by atoms with Gasteiger partial charge < -0.3 is 9.55 Å². The first kappa shape index (κ1) is 14.0. The SMILES string of the molecule is CCCn1c(=O)c2[nH]c(CC)nc2n(CCC)c1=S. The number of fused-ring (bicyclic) bond motifs is 1. The molecule has 0 atom stereocenters. The first-order valence-electron chi connectivity index (χ1n) is 6.86. The van der Waals surface area contributed by atoms with Gasteiger partial charge in [0.25, 0.3) is 5.56 Å². The van der Waals surface area contributed by atoms with Crippen LogP contribution in [0.1, 0.15) is 39.4 Å². The summed E-state index contributed by atoms with van der Waals surface area (Å²) < 4.78 is 4.22. The van der Waals surface area contributed by atoms with Gasteiger partial charge in [0.05, 0.1) is 0 Å². The largest absolute Gasteiger partial charge is 0.336 e. The van der Waals surface area contributed by atoms with Crippen LogP contribution in [0.4, 0.5) is 0 Å². The molecule has 0 saturated carbocycles. The predicted molar refractivity (Wildman–Crippen MR) is 79.1 cm³/mol. The molecule has 0 saturated heterocycles. The number of aromatic amines is 1. The van der Waals surface area contributed by atoms with E-state index >= 15 is 0 Å². The fourth-order valence-corrected chi connectivity index (χ4v) is 2.58. The Bertz CT molecular complexity index is 695. The number of hydrogen-bond acceptors (Lipinski definition) is 3. The molecule has 2 aromatic rings. The number of aromatic nitrogens is 4. The average Bonchev–Trinajstić information content (AvgIpc) is 2.84. The Morgan fingerprint density at radius 2 is 1.79 bits per heavy atom. The summed E-state index contributed by atoms with van der Waals surface area (Å²) in [4.78, 5) is 20.1. The van der Waals surface area contributed by atoms with Crippen LogP contribution in [-0.2, 0) is 19.5 Å². The lowest BCUT2D eigenvalue weighted by molar-refractivity contribution is 0.575. The smallest absolute Gasteiger partial charge is 0.280 e. The van der Waals surface area contributed by atoms with Crippen LogP contribution in [0.15, 0.2) is 4.79 Å². The minimum absolute atomic E-state index is 0.0543. The van der Waals surface area contributed by atoms with E-state index < -0.39 is 0 Å². The van der Waals surface area contributed by atoms with Gasteiger partial charge >= 0.3 is 0 Å². The van der Waals surface area contributed by atoms with Gasteiger partial charge in [-0.05, 0) is 25.1 Å². The molecular formula is C13H20N4OS. The van der Waals surface area contributed by atoms with Gasteiger partial charge in [0.15, 0.2) is 10.4 Å². The second kappa shape index (κ2) is 5.69. The molecular weight excluding hydrogens is 260 g/mol. The number of aryl methyl sites for hydroxylation is 2. The normalized spacial score (nSPS) is 11.3. The molecule has 2 rings (SSSR count). The highest BCUT2D eigenvalue weighted by molar-refractivity contribution is 7.71. The second-order valence-electron chi connectivity index (χ2n) is 4.63. The summed E-state index contributed by atoms with van der Waals surface area (Å²) in [7, 11) is 0. The first-order valence-corrected chi connectivity index (χ1v) is 7.27. The zero-order valence-corrected chi connectivity index (χ0v) is 12.5. The van der Waals surface area contributed by atoms with Gasteiger partial charge in [-0.3, -0.25) is 9.36 Å². The van der Waals surface area contributed by atoms with Gasteiger partial charge in [-0.15, -0.1) is 0 Å². The third-order valence-electron chi connectivity index (χ3n) is 3.14. The fraction of sp³-hybridized carbons (Fsp3) is 0.615. The van der Waals surface area contributed by atoms with Crippen LogP contribution in [0.5, 0.6) is 0 Å². The van der Waals surface area contributed by atoms with Crippen LogP contribution in [0, 0.1) is 4.77 Å². The highest BCUT2D eigenvalue weighted by Crippen LogP contribution is 2.11. The van der Waals surface area contributed by atoms with E-state index in [-0.39, 0.29) is 5.56 Å². The van der Waals surface area contributed by atoms with E-state index in [0.29, 0.717) is 22.5 Å². The van der Waals surface area contributed by atoms with Crippen molar-refractivity contribution in [2.45, 2.75) is 53.1 Å². The van der Waals surface area contributed by atoms with Gasteiger partial charge in [-0.2, -0.15) is 0 Å². The third-order valence-corrected chi connectivity index (χ3v) is 3.58. The molecule has 1 N–H and O–H groups in total. The van der Waals surface area contributed by atoms with Crippen LogP contribution in [0.2, 0.25) is 0 Å². The Balaban J connectivity index is 2.84. The van der Waals surface area contributed by atoms with Crippen molar-refractivity contribution in [2.75, 3.05) is 0 Å². The van der Waals surface area contributed by atoms with Crippen molar-refractivity contribution in [1.82, 2.24) is 19.1 Å². The number of nitrogens with zero attached hydrogens (tertiary/aromatic N) is 3. The summed E-state index contributed by atoms with van der Waals surface area (Å²) >= 11 is 5.46. The number of nitrogens with one attached hydrogen (secondary N) is 1. The quantitative estimate of drug-likeness (QED) is 0.857. The van der Waals surface area contributed by atoms with Crippen molar-refractivity contribution >= 4 is 23.4 Å². The zero-order chi connectivity index (χ0) is 14.0. The number of H-pyrrole nitrogens is 1. The maximum absolute atomic E-state index is 12.4. The van der Waals surface area contributed by atoms with E-state index in [1.807, 2.05) is 18.4 Å². The van der Waals surface area contributed by atoms with Crippen molar-refractivity contribution in [3.63, 3.8) is 0 Å². The summed E-state index contributed by atoms with van der Waals surface area (Å²) in [5.74, 6) is 0.834. The molecule has 0 bridgehead atoms. The van der Waals surface area contributed by atoms with Crippen molar-refractivity contribution in [1.29, 1.82) is 0 Å². The molecule has 104 valence electrons. The molecule has 0 aliphatic rings. The van der Waals surface area contributed by atoms with Gasteiger partial charge in [0.1, 0.15) is 11.3 Å². The Morgan fingerprint density at radius 1 is 1.16 bits per heavy atom. The summed E-state index contributed by atoms with van der Waals surface area (Å²) in [6, 6.07) is 0. The summed E-state index contributed by atoms with van der Waals surface area (Å²) in [5.41, 5.74) is 1.22. The number of hydrogen-bond donors (Lipinski definition) is 1. The van der Waals surface area contributed by atoms with Crippen LogP contribution in [0.25, 0.3) is 11.2 Å². The van der Waals surface area contributed by atoms with Gasteiger partial charge in [0.2, 0.25) is 0 Å². The summed E-state index contributed by atoms with van der Waals surface area (Å²) in [5, 5.41) is 0. The molecule has 0 amide bonds. The van der Waals surface area contributed by atoms with Crippen molar-refractivity contribution in [2.24, 2.45) is 0 Å². The Morgan fingerprint density at radius 3 is 2.37 bits per heavy atom. The van der Waals surface area contributed by atoms with Crippen molar-refractivity contribution in [3.05, 3.63) is 20.9 Å². The minimum Gasteiger partial charge on any atom is -0.336 e. The highest BCUT2D eigenvalue weighted by atomic mass is 32.1.